The lowest BCUT2D eigenvalue weighted by atomic mass is 9.94. The molecule has 7 heteroatoms. The number of esters is 1. The Morgan fingerprint density at radius 2 is 2.15 bits per heavy atom. The van der Waals surface area contributed by atoms with Crippen LogP contribution in [0.4, 0.5) is 5.69 Å². The number of aromatic nitrogens is 1. The summed E-state index contributed by atoms with van der Waals surface area (Å²) in [4.78, 5) is 28.7. The first-order valence-electron chi connectivity index (χ1n) is 9.11. The highest BCUT2D eigenvalue weighted by atomic mass is 16.5. The molecule has 2 aliphatic heterocycles. The van der Waals surface area contributed by atoms with Crippen LogP contribution in [-0.4, -0.2) is 49.8 Å². The molecule has 1 saturated heterocycles. The van der Waals surface area contributed by atoms with Crippen molar-refractivity contribution in [1.82, 2.24) is 10.3 Å². The number of hydrogen-bond acceptors (Lipinski definition) is 5. The second-order valence-electron chi connectivity index (χ2n) is 7.04. The van der Waals surface area contributed by atoms with E-state index in [1.54, 1.807) is 6.07 Å². The van der Waals surface area contributed by atoms with Gasteiger partial charge in [-0.25, -0.2) is 4.79 Å². The Balaban J connectivity index is 1.49. The van der Waals surface area contributed by atoms with Crippen LogP contribution in [0.25, 0.3) is 0 Å². The molecular weight excluding hydrogens is 346 g/mol. The third-order valence-electron chi connectivity index (χ3n) is 5.16. The van der Waals surface area contributed by atoms with Crippen molar-refractivity contribution in [1.29, 1.82) is 0 Å². The molecule has 142 valence electrons. The molecule has 2 aromatic rings. The number of carbonyl (C=O) groups is 2. The number of ether oxygens (including phenoxy) is 2. The van der Waals surface area contributed by atoms with Gasteiger partial charge in [0.05, 0.1) is 26.3 Å². The van der Waals surface area contributed by atoms with E-state index < -0.39 is 0 Å². The number of benzene rings is 1. The van der Waals surface area contributed by atoms with Crippen LogP contribution in [0.5, 0.6) is 0 Å². The first-order chi connectivity index (χ1) is 13.1. The van der Waals surface area contributed by atoms with Crippen LogP contribution in [0.15, 0.2) is 36.4 Å². The minimum absolute atomic E-state index is 0.0423. The van der Waals surface area contributed by atoms with E-state index in [1.165, 1.54) is 18.4 Å². The fourth-order valence-corrected chi connectivity index (χ4v) is 3.98. The summed E-state index contributed by atoms with van der Waals surface area (Å²) in [5.41, 5.74) is 3.90. The number of amides is 1. The lowest BCUT2D eigenvalue weighted by Gasteiger charge is -2.26. The molecule has 4 rings (SSSR count). The number of H-pyrrole nitrogens is 1. The topological polar surface area (TPSA) is 83.7 Å². The number of aromatic amines is 1. The van der Waals surface area contributed by atoms with E-state index >= 15 is 0 Å². The molecule has 0 spiro atoms. The zero-order valence-corrected chi connectivity index (χ0v) is 15.2. The highest BCUT2D eigenvalue weighted by Gasteiger charge is 2.32. The Bertz CT molecular complexity index is 847. The molecular formula is C20H23N3O4. The molecule has 1 fully saturated rings. The van der Waals surface area contributed by atoms with Crippen molar-refractivity contribution in [3.05, 3.63) is 53.3 Å². The van der Waals surface area contributed by atoms with Gasteiger partial charge in [0.2, 0.25) is 5.91 Å². The van der Waals surface area contributed by atoms with Crippen LogP contribution >= 0.6 is 0 Å². The van der Waals surface area contributed by atoms with Crippen molar-refractivity contribution in [2.24, 2.45) is 0 Å². The molecule has 2 N–H and O–H groups in total. The molecule has 2 aliphatic rings. The van der Waals surface area contributed by atoms with Crippen molar-refractivity contribution in [2.45, 2.75) is 24.9 Å². The lowest BCUT2D eigenvalue weighted by Crippen LogP contribution is -2.46. The first-order valence-corrected chi connectivity index (χ1v) is 9.11. The Morgan fingerprint density at radius 1 is 1.30 bits per heavy atom. The monoisotopic (exact) mass is 369 g/mol. The number of rotatable bonds is 5. The van der Waals surface area contributed by atoms with E-state index in [-0.39, 0.29) is 24.5 Å². The normalized spacial score (nSPS) is 21.7. The summed E-state index contributed by atoms with van der Waals surface area (Å²) < 4.78 is 10.1. The summed E-state index contributed by atoms with van der Waals surface area (Å²) in [6.07, 6.45) is 0.845. The van der Waals surface area contributed by atoms with Gasteiger partial charge in [0, 0.05) is 23.8 Å². The molecule has 27 heavy (non-hydrogen) atoms. The second kappa shape index (κ2) is 7.44. The zero-order valence-electron chi connectivity index (χ0n) is 15.2. The fourth-order valence-electron chi connectivity index (χ4n) is 3.98. The van der Waals surface area contributed by atoms with Crippen molar-refractivity contribution in [3.8, 4) is 0 Å². The van der Waals surface area contributed by atoms with Gasteiger partial charge >= 0.3 is 5.97 Å². The summed E-state index contributed by atoms with van der Waals surface area (Å²) in [6, 6.07) is 12.1. The fraction of sp³-hybridized carbons (Fsp3) is 0.400. The molecule has 7 nitrogen and oxygen atoms in total. The molecule has 2 atom stereocenters. The number of nitrogens with one attached hydrogen (secondary N) is 2. The maximum Gasteiger partial charge on any atom is 0.354 e. The highest BCUT2D eigenvalue weighted by Crippen LogP contribution is 2.39. The molecule has 0 saturated carbocycles. The Hall–Kier alpha value is -2.80. The Morgan fingerprint density at radius 3 is 2.96 bits per heavy atom. The SMILES string of the molecule is COC(=O)c1ccc(CN2C[C@@H](C[C@H]3COCC(=O)N3)c3ccccc32)[nH]1. The van der Waals surface area contributed by atoms with Gasteiger partial charge in [-0.2, -0.15) is 0 Å². The summed E-state index contributed by atoms with van der Waals surface area (Å²) in [7, 11) is 1.37. The third-order valence-corrected chi connectivity index (χ3v) is 5.16. The maximum atomic E-state index is 11.6. The van der Waals surface area contributed by atoms with Crippen LogP contribution in [0, 0.1) is 0 Å². The number of para-hydroxylation sites is 1. The van der Waals surface area contributed by atoms with Crippen LogP contribution in [0.1, 0.15) is 34.1 Å². The quantitative estimate of drug-likeness (QED) is 0.786. The number of anilines is 1. The van der Waals surface area contributed by atoms with Crippen molar-refractivity contribution in [2.75, 3.05) is 31.8 Å². The van der Waals surface area contributed by atoms with Crippen LogP contribution < -0.4 is 10.2 Å². The molecule has 0 bridgehead atoms. The van der Waals surface area contributed by atoms with Crippen LogP contribution in [-0.2, 0) is 20.8 Å². The number of methoxy groups -OCH3 is 1. The predicted octanol–water partition coefficient (Wildman–Crippen LogP) is 1.81. The molecule has 1 aromatic heterocycles. The Kier molecular flexibility index (Phi) is 4.85. The maximum absolute atomic E-state index is 11.6. The van der Waals surface area contributed by atoms with E-state index in [9.17, 15) is 9.59 Å². The first kappa shape index (κ1) is 17.6. The highest BCUT2D eigenvalue weighted by molar-refractivity contribution is 5.87. The van der Waals surface area contributed by atoms with Gasteiger partial charge in [0.1, 0.15) is 12.3 Å². The van der Waals surface area contributed by atoms with E-state index in [2.05, 4.69) is 33.4 Å². The predicted molar refractivity (Wildman–Crippen MR) is 99.7 cm³/mol. The molecule has 1 amide bonds. The molecule has 0 radical (unpaired) electrons. The van der Waals surface area contributed by atoms with Gasteiger partial charge in [-0.1, -0.05) is 18.2 Å². The lowest BCUT2D eigenvalue weighted by molar-refractivity contribution is -0.131. The summed E-state index contributed by atoms with van der Waals surface area (Å²) >= 11 is 0. The Labute approximate surface area is 157 Å². The smallest absolute Gasteiger partial charge is 0.354 e. The summed E-state index contributed by atoms with van der Waals surface area (Å²) in [6.45, 7) is 2.25. The minimum atomic E-state index is -0.367. The number of hydrogen-bond donors (Lipinski definition) is 2. The van der Waals surface area contributed by atoms with Crippen molar-refractivity contribution in [3.63, 3.8) is 0 Å². The third kappa shape index (κ3) is 3.68. The van der Waals surface area contributed by atoms with Crippen LogP contribution in [0.2, 0.25) is 0 Å². The summed E-state index contributed by atoms with van der Waals surface area (Å²) in [5.74, 6) is -0.0895. The average Bonchev–Trinajstić information content (AvgIpc) is 3.27. The number of nitrogens with zero attached hydrogens (tertiary/aromatic N) is 1. The standard InChI is InChI=1S/C20H23N3O4/c1-26-20(25)17-7-6-14(21-17)10-23-9-13(16-4-2-3-5-18(16)23)8-15-11-27-12-19(24)22-15/h2-7,13,15,21H,8-12H2,1H3,(H,22,24)/t13-,15+/m1/s1. The van der Waals surface area contributed by atoms with Gasteiger partial charge in [-0.05, 0) is 30.2 Å². The van der Waals surface area contributed by atoms with Crippen molar-refractivity contribution < 1.29 is 19.1 Å². The van der Waals surface area contributed by atoms with Gasteiger partial charge in [0.15, 0.2) is 0 Å². The number of morpholine rings is 1. The molecule has 3 heterocycles. The van der Waals surface area contributed by atoms with E-state index in [4.69, 9.17) is 9.47 Å². The number of carbonyl (C=O) groups excluding carboxylic acids is 2. The van der Waals surface area contributed by atoms with E-state index in [0.717, 1.165) is 18.7 Å². The van der Waals surface area contributed by atoms with E-state index in [0.29, 0.717) is 24.8 Å². The average molecular weight is 369 g/mol. The van der Waals surface area contributed by atoms with Gasteiger partial charge < -0.3 is 24.7 Å². The van der Waals surface area contributed by atoms with Crippen molar-refractivity contribution >= 4 is 17.6 Å². The van der Waals surface area contributed by atoms with Gasteiger partial charge in [0.25, 0.3) is 0 Å². The summed E-state index contributed by atoms with van der Waals surface area (Å²) in [5, 5.41) is 3.02. The molecule has 0 unspecified atom stereocenters. The molecule has 1 aromatic carbocycles. The van der Waals surface area contributed by atoms with Gasteiger partial charge in [-0.15, -0.1) is 0 Å². The molecule has 0 aliphatic carbocycles. The zero-order chi connectivity index (χ0) is 18.8. The largest absolute Gasteiger partial charge is 0.464 e. The van der Waals surface area contributed by atoms with Gasteiger partial charge in [-0.3, -0.25) is 4.79 Å². The van der Waals surface area contributed by atoms with Crippen LogP contribution in [0.3, 0.4) is 0 Å². The minimum Gasteiger partial charge on any atom is -0.464 e. The second-order valence-corrected chi connectivity index (χ2v) is 7.04. The van der Waals surface area contributed by atoms with E-state index in [1.807, 2.05) is 12.1 Å². The number of fused-ring (bicyclic) bond motifs is 1.